The molecule has 0 bridgehead atoms. The van der Waals surface area contributed by atoms with Gasteiger partial charge in [-0.25, -0.2) is 18.0 Å². The molecule has 0 fully saturated rings. The van der Waals surface area contributed by atoms with E-state index in [-0.39, 0.29) is 15.3 Å². The summed E-state index contributed by atoms with van der Waals surface area (Å²) < 4.78 is 39.5. The van der Waals surface area contributed by atoms with Crippen LogP contribution in [0.25, 0.3) is 10.4 Å². The molecule has 0 radical (unpaired) electrons. The van der Waals surface area contributed by atoms with Gasteiger partial charge in [-0.3, -0.25) is 0 Å². The first-order valence-electron chi connectivity index (χ1n) is 4.89. The van der Waals surface area contributed by atoms with Crippen LogP contribution >= 0.6 is 11.3 Å². The van der Waals surface area contributed by atoms with Crippen LogP contribution in [0, 0.1) is 24.4 Å². The Kier molecular flexibility index (Phi) is 3.13. The second-order valence-corrected chi connectivity index (χ2v) is 4.70. The van der Waals surface area contributed by atoms with E-state index in [1.54, 1.807) is 6.92 Å². The van der Waals surface area contributed by atoms with E-state index in [4.69, 9.17) is 5.11 Å². The van der Waals surface area contributed by atoms with Gasteiger partial charge >= 0.3 is 5.97 Å². The standard InChI is InChI=1S/C12H7F3O2S/c1-5-4-8(12(16)17)18-11(5)6-2-3-7(13)10(15)9(6)14/h2-4H,1H3,(H,16,17). The maximum Gasteiger partial charge on any atom is 0.345 e. The molecule has 0 saturated carbocycles. The van der Waals surface area contributed by atoms with Crippen molar-refractivity contribution in [2.24, 2.45) is 0 Å². The van der Waals surface area contributed by atoms with Crippen LogP contribution in [0.4, 0.5) is 13.2 Å². The van der Waals surface area contributed by atoms with Crippen molar-refractivity contribution < 1.29 is 23.1 Å². The molecule has 18 heavy (non-hydrogen) atoms. The van der Waals surface area contributed by atoms with Gasteiger partial charge in [0.2, 0.25) is 0 Å². The van der Waals surface area contributed by atoms with Crippen LogP contribution in [0.15, 0.2) is 18.2 Å². The molecule has 2 rings (SSSR count). The van der Waals surface area contributed by atoms with Crippen LogP contribution < -0.4 is 0 Å². The largest absolute Gasteiger partial charge is 0.477 e. The third-order valence-corrected chi connectivity index (χ3v) is 3.67. The Hall–Kier alpha value is -1.82. The third-order valence-electron chi connectivity index (χ3n) is 2.41. The molecular weight excluding hydrogens is 265 g/mol. The Balaban J connectivity index is 2.62. The first-order valence-corrected chi connectivity index (χ1v) is 5.71. The topological polar surface area (TPSA) is 37.3 Å². The van der Waals surface area contributed by atoms with Gasteiger partial charge in [0, 0.05) is 10.4 Å². The highest BCUT2D eigenvalue weighted by atomic mass is 32.1. The summed E-state index contributed by atoms with van der Waals surface area (Å²) in [7, 11) is 0. The number of carboxylic acids is 1. The van der Waals surface area contributed by atoms with Crippen LogP contribution in [0.5, 0.6) is 0 Å². The second kappa shape index (κ2) is 4.45. The minimum Gasteiger partial charge on any atom is -0.477 e. The second-order valence-electron chi connectivity index (χ2n) is 3.65. The fourth-order valence-corrected chi connectivity index (χ4v) is 2.59. The zero-order valence-electron chi connectivity index (χ0n) is 9.13. The smallest absolute Gasteiger partial charge is 0.345 e. The van der Waals surface area contributed by atoms with Gasteiger partial charge in [0.1, 0.15) is 4.88 Å². The van der Waals surface area contributed by atoms with Crippen LogP contribution in [0.3, 0.4) is 0 Å². The zero-order valence-corrected chi connectivity index (χ0v) is 9.95. The quantitative estimate of drug-likeness (QED) is 0.843. The lowest BCUT2D eigenvalue weighted by molar-refractivity contribution is 0.0702. The summed E-state index contributed by atoms with van der Waals surface area (Å²) in [6, 6.07) is 3.27. The highest BCUT2D eigenvalue weighted by Gasteiger charge is 2.19. The molecule has 2 nitrogen and oxygen atoms in total. The van der Waals surface area contributed by atoms with E-state index < -0.39 is 23.4 Å². The summed E-state index contributed by atoms with van der Waals surface area (Å²) in [5.74, 6) is -5.28. The molecule has 0 unspecified atom stereocenters. The fraction of sp³-hybridized carbons (Fsp3) is 0.0833. The van der Waals surface area contributed by atoms with Crippen molar-refractivity contribution in [2.45, 2.75) is 6.92 Å². The summed E-state index contributed by atoms with van der Waals surface area (Å²) in [5, 5.41) is 8.82. The predicted octanol–water partition coefficient (Wildman–Crippen LogP) is 3.84. The van der Waals surface area contributed by atoms with Gasteiger partial charge in [-0.05, 0) is 30.7 Å². The summed E-state index contributed by atoms with van der Waals surface area (Å²) in [5.41, 5.74) is 0.367. The lowest BCUT2D eigenvalue weighted by Crippen LogP contribution is -1.93. The van der Waals surface area contributed by atoms with Gasteiger partial charge in [0.15, 0.2) is 17.5 Å². The van der Waals surface area contributed by atoms with Crippen molar-refractivity contribution in [1.29, 1.82) is 0 Å². The number of carboxylic acid groups (broad SMARTS) is 1. The Morgan fingerprint density at radius 2 is 1.89 bits per heavy atom. The molecule has 0 aliphatic heterocycles. The highest BCUT2D eigenvalue weighted by Crippen LogP contribution is 2.35. The highest BCUT2D eigenvalue weighted by molar-refractivity contribution is 7.17. The SMILES string of the molecule is Cc1cc(C(=O)O)sc1-c1ccc(F)c(F)c1F. The molecule has 6 heteroatoms. The Morgan fingerprint density at radius 1 is 1.22 bits per heavy atom. The number of aryl methyl sites for hydroxylation is 1. The van der Waals surface area contributed by atoms with E-state index in [1.807, 2.05) is 0 Å². The van der Waals surface area contributed by atoms with Crippen molar-refractivity contribution in [1.82, 2.24) is 0 Å². The van der Waals surface area contributed by atoms with E-state index >= 15 is 0 Å². The van der Waals surface area contributed by atoms with Crippen molar-refractivity contribution in [3.05, 3.63) is 46.1 Å². The van der Waals surface area contributed by atoms with Gasteiger partial charge < -0.3 is 5.11 Å². The number of hydrogen-bond donors (Lipinski definition) is 1. The van der Waals surface area contributed by atoms with Crippen LogP contribution in [-0.4, -0.2) is 11.1 Å². The molecule has 0 atom stereocenters. The first-order chi connectivity index (χ1) is 8.41. The number of thiophene rings is 1. The van der Waals surface area contributed by atoms with Crippen LogP contribution in [0.2, 0.25) is 0 Å². The van der Waals surface area contributed by atoms with Gasteiger partial charge in [-0.15, -0.1) is 11.3 Å². The fourth-order valence-electron chi connectivity index (χ4n) is 1.56. The van der Waals surface area contributed by atoms with Gasteiger partial charge in [0.25, 0.3) is 0 Å². The molecule has 0 saturated heterocycles. The maximum atomic E-state index is 13.6. The summed E-state index contributed by atoms with van der Waals surface area (Å²) in [6.07, 6.45) is 0. The van der Waals surface area contributed by atoms with Crippen LogP contribution in [0.1, 0.15) is 15.2 Å². The Bertz CT molecular complexity index is 634. The zero-order chi connectivity index (χ0) is 13.4. The molecule has 2 aromatic rings. The average Bonchev–Trinajstić information content (AvgIpc) is 2.69. The third kappa shape index (κ3) is 1.99. The molecule has 1 heterocycles. The summed E-state index contributed by atoms with van der Waals surface area (Å²) in [6.45, 7) is 1.58. The number of rotatable bonds is 2. The lowest BCUT2D eigenvalue weighted by Gasteiger charge is -2.03. The van der Waals surface area contributed by atoms with E-state index in [1.165, 1.54) is 6.07 Å². The molecular formula is C12H7F3O2S. The predicted molar refractivity (Wildman–Crippen MR) is 61.3 cm³/mol. The van der Waals surface area contributed by atoms with Crippen molar-refractivity contribution in [2.75, 3.05) is 0 Å². The van der Waals surface area contributed by atoms with Crippen LogP contribution in [-0.2, 0) is 0 Å². The number of hydrogen-bond acceptors (Lipinski definition) is 2. The maximum absolute atomic E-state index is 13.6. The van der Waals surface area contributed by atoms with E-state index in [2.05, 4.69) is 0 Å². The van der Waals surface area contributed by atoms with E-state index in [0.29, 0.717) is 5.56 Å². The average molecular weight is 272 g/mol. The van der Waals surface area contributed by atoms with Gasteiger partial charge in [-0.2, -0.15) is 0 Å². The van der Waals surface area contributed by atoms with E-state index in [9.17, 15) is 18.0 Å². The van der Waals surface area contributed by atoms with Crippen molar-refractivity contribution in [3.63, 3.8) is 0 Å². The minimum absolute atomic E-state index is 0.0200. The molecule has 0 aliphatic carbocycles. The number of aromatic carboxylic acids is 1. The first kappa shape index (κ1) is 12.6. The molecule has 1 aromatic heterocycles. The van der Waals surface area contributed by atoms with Crippen molar-refractivity contribution >= 4 is 17.3 Å². The van der Waals surface area contributed by atoms with Gasteiger partial charge in [0.05, 0.1) is 0 Å². The monoisotopic (exact) mass is 272 g/mol. The van der Waals surface area contributed by atoms with Gasteiger partial charge in [-0.1, -0.05) is 0 Å². The normalized spacial score (nSPS) is 10.7. The minimum atomic E-state index is -1.56. The summed E-state index contributed by atoms with van der Waals surface area (Å²) >= 11 is 0.821. The number of benzene rings is 1. The summed E-state index contributed by atoms with van der Waals surface area (Å²) in [4.78, 5) is 11.1. The van der Waals surface area contributed by atoms with Crippen molar-refractivity contribution in [3.8, 4) is 10.4 Å². The molecule has 0 aliphatic rings. The molecule has 1 N–H and O–H groups in total. The molecule has 0 amide bonds. The number of halogens is 3. The Morgan fingerprint density at radius 3 is 2.44 bits per heavy atom. The molecule has 94 valence electrons. The van der Waals surface area contributed by atoms with E-state index in [0.717, 1.165) is 23.5 Å². The number of carbonyl (C=O) groups is 1. The lowest BCUT2D eigenvalue weighted by atomic mass is 10.1. The Labute approximate surface area is 104 Å². The molecule has 1 aromatic carbocycles. The molecule has 0 spiro atoms.